The molecule has 0 radical (unpaired) electrons. The number of aliphatic hydroxyl groups excluding tert-OH is 3. The van der Waals surface area contributed by atoms with Gasteiger partial charge in [0.15, 0.2) is 11.5 Å². The lowest BCUT2D eigenvalue weighted by molar-refractivity contribution is -0.138. The molecule has 40 heavy (non-hydrogen) atoms. The zero-order chi connectivity index (χ0) is 29.1. The van der Waals surface area contributed by atoms with Crippen LogP contribution in [-0.4, -0.2) is 70.5 Å². The summed E-state index contributed by atoms with van der Waals surface area (Å²) < 4.78 is 11.8. The number of fused-ring (bicyclic) bond motifs is 3. The van der Waals surface area contributed by atoms with Crippen molar-refractivity contribution in [2.75, 3.05) is 20.3 Å². The summed E-state index contributed by atoms with van der Waals surface area (Å²) in [5.41, 5.74) is 2.03. The first-order valence-electron chi connectivity index (χ1n) is 13.1. The fourth-order valence-corrected chi connectivity index (χ4v) is 5.75. The summed E-state index contributed by atoms with van der Waals surface area (Å²) in [6.45, 7) is 3.40. The van der Waals surface area contributed by atoms with E-state index in [0.29, 0.717) is 38.2 Å². The van der Waals surface area contributed by atoms with E-state index in [4.69, 9.17) is 32.7 Å². The Morgan fingerprint density at radius 1 is 1.18 bits per heavy atom. The van der Waals surface area contributed by atoms with Crippen LogP contribution in [0.4, 0.5) is 0 Å². The molecule has 0 fully saturated rings. The SMILES string of the molecule is COc1cc(CO)cc2c1OC1C2C(C(=O)NCCO)=CC(N(Cc2ccc(Cl)cc2Cl)C(=O)CC(C)C)C1O. The molecule has 1 aliphatic carbocycles. The lowest BCUT2D eigenvalue weighted by Gasteiger charge is -2.41. The second kappa shape index (κ2) is 12.8. The molecule has 2 aliphatic rings. The Morgan fingerprint density at radius 3 is 2.55 bits per heavy atom. The predicted molar refractivity (Wildman–Crippen MR) is 151 cm³/mol. The Balaban J connectivity index is 1.83. The van der Waals surface area contributed by atoms with Gasteiger partial charge in [0.1, 0.15) is 12.2 Å². The van der Waals surface area contributed by atoms with E-state index in [0.717, 1.165) is 0 Å². The van der Waals surface area contributed by atoms with E-state index in [1.165, 1.54) is 12.0 Å². The molecule has 4 rings (SSSR count). The molecule has 216 valence electrons. The van der Waals surface area contributed by atoms with Crippen molar-refractivity contribution in [3.8, 4) is 11.5 Å². The molecule has 0 saturated carbocycles. The average Bonchev–Trinajstić information content (AvgIpc) is 3.31. The van der Waals surface area contributed by atoms with Crippen LogP contribution in [0.5, 0.6) is 11.5 Å². The van der Waals surface area contributed by atoms with Crippen molar-refractivity contribution in [2.24, 2.45) is 5.92 Å². The van der Waals surface area contributed by atoms with Gasteiger partial charge in [0.05, 0.1) is 32.3 Å². The Labute approximate surface area is 243 Å². The van der Waals surface area contributed by atoms with Gasteiger partial charge in [-0.3, -0.25) is 9.59 Å². The molecule has 4 unspecified atom stereocenters. The molecule has 0 aromatic heterocycles. The molecule has 4 N–H and O–H groups in total. The Bertz CT molecular complexity index is 1300. The first kappa shape index (κ1) is 30.1. The molecule has 0 spiro atoms. The normalized spacial score (nSPS) is 21.3. The summed E-state index contributed by atoms with van der Waals surface area (Å²) in [5.74, 6) is -0.654. The number of nitrogens with one attached hydrogen (secondary N) is 1. The van der Waals surface area contributed by atoms with Crippen LogP contribution in [0.1, 0.15) is 42.9 Å². The second-order valence-electron chi connectivity index (χ2n) is 10.4. The average molecular weight is 594 g/mol. The van der Waals surface area contributed by atoms with E-state index >= 15 is 0 Å². The minimum atomic E-state index is -1.23. The number of halogens is 2. The maximum absolute atomic E-state index is 13.6. The number of benzene rings is 2. The number of amides is 2. The first-order valence-corrected chi connectivity index (χ1v) is 13.9. The lowest BCUT2D eigenvalue weighted by atomic mass is 9.77. The summed E-state index contributed by atoms with van der Waals surface area (Å²) in [4.78, 5) is 28.6. The van der Waals surface area contributed by atoms with E-state index in [-0.39, 0.29) is 50.1 Å². The lowest BCUT2D eigenvalue weighted by Crippen LogP contribution is -2.55. The molecule has 1 heterocycles. The Hall–Kier alpha value is -2.82. The largest absolute Gasteiger partial charge is 0.493 e. The van der Waals surface area contributed by atoms with Crippen LogP contribution in [0.3, 0.4) is 0 Å². The fraction of sp³-hybridized carbons (Fsp3) is 0.448. The van der Waals surface area contributed by atoms with Gasteiger partial charge in [0.25, 0.3) is 0 Å². The predicted octanol–water partition coefficient (Wildman–Crippen LogP) is 3.19. The van der Waals surface area contributed by atoms with Crippen LogP contribution in [0.25, 0.3) is 0 Å². The smallest absolute Gasteiger partial charge is 0.247 e. The van der Waals surface area contributed by atoms with Gasteiger partial charge >= 0.3 is 0 Å². The minimum absolute atomic E-state index is 0.0187. The van der Waals surface area contributed by atoms with Crippen molar-refractivity contribution in [3.05, 3.63) is 68.7 Å². The maximum Gasteiger partial charge on any atom is 0.247 e. The van der Waals surface area contributed by atoms with E-state index in [9.17, 15) is 24.9 Å². The van der Waals surface area contributed by atoms with Crippen LogP contribution in [0.2, 0.25) is 10.0 Å². The number of methoxy groups -OCH3 is 1. The van der Waals surface area contributed by atoms with Crippen LogP contribution >= 0.6 is 23.2 Å². The topological polar surface area (TPSA) is 129 Å². The Morgan fingerprint density at radius 2 is 1.93 bits per heavy atom. The number of ether oxygens (including phenoxy) is 2. The van der Waals surface area contributed by atoms with Gasteiger partial charge in [-0.2, -0.15) is 0 Å². The number of nitrogens with zero attached hydrogens (tertiary/aromatic N) is 1. The first-order chi connectivity index (χ1) is 19.1. The molecule has 0 saturated heterocycles. The summed E-state index contributed by atoms with van der Waals surface area (Å²) >= 11 is 12.5. The molecule has 2 amide bonds. The minimum Gasteiger partial charge on any atom is -0.493 e. The molecular formula is C29H34Cl2N2O7. The highest BCUT2D eigenvalue weighted by Crippen LogP contribution is 2.51. The third-order valence-corrected chi connectivity index (χ3v) is 7.70. The van der Waals surface area contributed by atoms with Crippen molar-refractivity contribution in [2.45, 2.75) is 57.6 Å². The highest BCUT2D eigenvalue weighted by atomic mass is 35.5. The van der Waals surface area contributed by atoms with Crippen molar-refractivity contribution in [1.82, 2.24) is 10.2 Å². The molecular weight excluding hydrogens is 559 g/mol. The molecule has 0 bridgehead atoms. The monoisotopic (exact) mass is 592 g/mol. The highest BCUT2D eigenvalue weighted by molar-refractivity contribution is 6.35. The number of rotatable bonds is 10. The zero-order valence-electron chi connectivity index (χ0n) is 22.6. The molecule has 1 aliphatic heterocycles. The number of carbonyl (C=O) groups excluding carboxylic acids is 2. The number of hydrogen-bond acceptors (Lipinski definition) is 7. The van der Waals surface area contributed by atoms with Crippen LogP contribution in [-0.2, 0) is 22.7 Å². The number of aliphatic hydroxyl groups is 3. The fourth-order valence-electron chi connectivity index (χ4n) is 5.28. The zero-order valence-corrected chi connectivity index (χ0v) is 24.1. The van der Waals surface area contributed by atoms with Gasteiger partial charge in [-0.15, -0.1) is 0 Å². The molecule has 2 aromatic carbocycles. The van der Waals surface area contributed by atoms with E-state index < -0.39 is 30.1 Å². The van der Waals surface area contributed by atoms with Crippen molar-refractivity contribution >= 4 is 35.0 Å². The molecule has 4 atom stereocenters. The van der Waals surface area contributed by atoms with Crippen molar-refractivity contribution in [3.63, 3.8) is 0 Å². The van der Waals surface area contributed by atoms with Gasteiger partial charge in [-0.25, -0.2) is 0 Å². The number of hydrogen-bond donors (Lipinski definition) is 4. The highest BCUT2D eigenvalue weighted by Gasteiger charge is 2.51. The summed E-state index contributed by atoms with van der Waals surface area (Å²) in [5, 5.41) is 34.4. The van der Waals surface area contributed by atoms with Gasteiger partial charge in [0, 0.05) is 40.7 Å². The van der Waals surface area contributed by atoms with Crippen LogP contribution in [0.15, 0.2) is 42.0 Å². The van der Waals surface area contributed by atoms with E-state index in [1.807, 2.05) is 13.8 Å². The summed E-state index contributed by atoms with van der Waals surface area (Å²) in [6, 6.07) is 7.40. The van der Waals surface area contributed by atoms with Gasteiger partial charge in [0.2, 0.25) is 11.8 Å². The quantitative estimate of drug-likeness (QED) is 0.333. The third kappa shape index (κ3) is 6.09. The molecule has 2 aromatic rings. The summed E-state index contributed by atoms with van der Waals surface area (Å²) in [7, 11) is 1.47. The van der Waals surface area contributed by atoms with Crippen molar-refractivity contribution in [1.29, 1.82) is 0 Å². The molecule has 9 nitrogen and oxygen atoms in total. The van der Waals surface area contributed by atoms with Gasteiger partial charge in [-0.1, -0.05) is 43.1 Å². The van der Waals surface area contributed by atoms with E-state index in [1.54, 1.807) is 36.4 Å². The standard InChI is InChI=1S/C29H34Cl2N2O7/c1-15(2)8-24(36)33(13-17-4-5-18(30)11-21(17)31)22-12-20(29(38)32-6-7-34)25-19-9-16(14-35)10-23(39-3)27(19)40-28(25)26(22)37/h4-5,9-12,15,22,25-26,28,34-35,37H,6-8,13-14H2,1-3H3,(H,32,38). The Kier molecular flexibility index (Phi) is 9.64. The van der Waals surface area contributed by atoms with Crippen LogP contribution in [0, 0.1) is 5.92 Å². The maximum atomic E-state index is 13.6. The summed E-state index contributed by atoms with van der Waals surface area (Å²) in [6.07, 6.45) is -0.358. The number of carbonyl (C=O) groups is 2. The second-order valence-corrected chi connectivity index (χ2v) is 11.2. The van der Waals surface area contributed by atoms with E-state index in [2.05, 4.69) is 5.32 Å². The third-order valence-electron chi connectivity index (χ3n) is 7.11. The van der Waals surface area contributed by atoms with Crippen molar-refractivity contribution < 1.29 is 34.4 Å². The molecule has 11 heteroatoms. The van der Waals surface area contributed by atoms with Gasteiger partial charge in [-0.05, 0) is 47.4 Å². The van der Waals surface area contributed by atoms with Crippen LogP contribution < -0.4 is 14.8 Å². The van der Waals surface area contributed by atoms with Gasteiger partial charge < -0.3 is 35.0 Å².